The van der Waals surface area contributed by atoms with Crippen LogP contribution in [0.1, 0.15) is 19.4 Å². The lowest BCUT2D eigenvalue weighted by Gasteiger charge is -2.20. The summed E-state index contributed by atoms with van der Waals surface area (Å²) in [5, 5.41) is 13.0. The molecule has 1 rings (SSSR count). The predicted octanol–water partition coefficient (Wildman–Crippen LogP) is 1.58. The van der Waals surface area contributed by atoms with Gasteiger partial charge >= 0.3 is 0 Å². The molecule has 2 N–H and O–H groups in total. The summed E-state index contributed by atoms with van der Waals surface area (Å²) in [6.45, 7) is 5.74. The third kappa shape index (κ3) is 6.23. The quantitative estimate of drug-likeness (QED) is 0.674. The van der Waals surface area contributed by atoms with Gasteiger partial charge in [-0.15, -0.1) is 0 Å². The van der Waals surface area contributed by atoms with Crippen molar-refractivity contribution in [3.63, 3.8) is 0 Å². The van der Waals surface area contributed by atoms with E-state index in [1.165, 1.54) is 0 Å². The van der Waals surface area contributed by atoms with E-state index in [4.69, 9.17) is 14.2 Å². The summed E-state index contributed by atoms with van der Waals surface area (Å²) in [4.78, 5) is 0. The largest absolute Gasteiger partial charge is 0.497 e. The van der Waals surface area contributed by atoms with Gasteiger partial charge in [-0.3, -0.25) is 0 Å². The summed E-state index contributed by atoms with van der Waals surface area (Å²) in [5.74, 6) is 1.53. The fourth-order valence-electron chi connectivity index (χ4n) is 1.61. The Labute approximate surface area is 120 Å². The highest BCUT2D eigenvalue weighted by atomic mass is 16.5. The van der Waals surface area contributed by atoms with Gasteiger partial charge in [0.05, 0.1) is 19.3 Å². The van der Waals surface area contributed by atoms with Gasteiger partial charge in [-0.05, 0) is 32.0 Å². The molecule has 0 saturated carbocycles. The van der Waals surface area contributed by atoms with Crippen molar-refractivity contribution in [1.82, 2.24) is 5.32 Å². The van der Waals surface area contributed by atoms with Crippen LogP contribution in [0.5, 0.6) is 11.5 Å². The highest BCUT2D eigenvalue weighted by Crippen LogP contribution is 2.25. The minimum absolute atomic E-state index is 0.240. The SMILES string of the molecule is COCCNCc1cc(OC)ccc1OCC(C)(C)O. The van der Waals surface area contributed by atoms with E-state index in [1.807, 2.05) is 18.2 Å². The molecule has 20 heavy (non-hydrogen) atoms. The molecule has 0 unspecified atom stereocenters. The van der Waals surface area contributed by atoms with Crippen molar-refractivity contribution in [3.05, 3.63) is 23.8 Å². The van der Waals surface area contributed by atoms with Crippen LogP contribution in [0.3, 0.4) is 0 Å². The van der Waals surface area contributed by atoms with Gasteiger partial charge in [0.1, 0.15) is 18.1 Å². The van der Waals surface area contributed by atoms with Crippen LogP contribution in [-0.2, 0) is 11.3 Å². The Morgan fingerprint density at radius 3 is 2.60 bits per heavy atom. The van der Waals surface area contributed by atoms with E-state index in [2.05, 4.69) is 5.32 Å². The number of ether oxygens (including phenoxy) is 3. The molecule has 0 atom stereocenters. The molecular formula is C15H25NO4. The Kier molecular flexibility index (Phi) is 6.78. The van der Waals surface area contributed by atoms with Crippen molar-refractivity contribution in [3.8, 4) is 11.5 Å². The molecule has 5 heteroatoms. The number of hydrogen-bond acceptors (Lipinski definition) is 5. The number of nitrogens with one attached hydrogen (secondary N) is 1. The third-order valence-electron chi connectivity index (χ3n) is 2.65. The molecule has 0 spiro atoms. The van der Waals surface area contributed by atoms with Crippen LogP contribution in [0.2, 0.25) is 0 Å². The van der Waals surface area contributed by atoms with Crippen LogP contribution >= 0.6 is 0 Å². The molecule has 0 fully saturated rings. The maximum absolute atomic E-state index is 9.73. The van der Waals surface area contributed by atoms with Crippen molar-refractivity contribution in [2.75, 3.05) is 34.0 Å². The van der Waals surface area contributed by atoms with Gasteiger partial charge < -0.3 is 24.6 Å². The molecule has 0 aliphatic heterocycles. The van der Waals surface area contributed by atoms with Gasteiger partial charge in [0.15, 0.2) is 0 Å². The van der Waals surface area contributed by atoms with Gasteiger partial charge in [-0.1, -0.05) is 0 Å². The van der Waals surface area contributed by atoms with Crippen molar-refractivity contribution >= 4 is 0 Å². The predicted molar refractivity (Wildman–Crippen MR) is 78.4 cm³/mol. The second-order valence-corrected chi connectivity index (χ2v) is 5.24. The van der Waals surface area contributed by atoms with Crippen LogP contribution in [0, 0.1) is 0 Å². The van der Waals surface area contributed by atoms with Crippen LogP contribution in [0.15, 0.2) is 18.2 Å². The molecule has 0 aliphatic rings. The Morgan fingerprint density at radius 1 is 1.25 bits per heavy atom. The van der Waals surface area contributed by atoms with Crippen LogP contribution in [-0.4, -0.2) is 44.7 Å². The lowest BCUT2D eigenvalue weighted by atomic mass is 10.1. The first-order valence-corrected chi connectivity index (χ1v) is 6.68. The van der Waals surface area contributed by atoms with Crippen molar-refractivity contribution in [2.24, 2.45) is 0 Å². The standard InChI is InChI=1S/C15H25NO4/c1-15(2,17)11-20-14-6-5-13(19-4)9-12(14)10-16-7-8-18-3/h5-6,9,16-17H,7-8,10-11H2,1-4H3. The zero-order valence-corrected chi connectivity index (χ0v) is 12.7. The van der Waals surface area contributed by atoms with Gasteiger partial charge in [-0.25, -0.2) is 0 Å². The molecule has 5 nitrogen and oxygen atoms in total. The summed E-state index contributed by atoms with van der Waals surface area (Å²) >= 11 is 0. The third-order valence-corrected chi connectivity index (χ3v) is 2.65. The smallest absolute Gasteiger partial charge is 0.124 e. The lowest BCUT2D eigenvalue weighted by molar-refractivity contribution is 0.0281. The number of benzene rings is 1. The van der Waals surface area contributed by atoms with Gasteiger partial charge in [0, 0.05) is 25.8 Å². The van der Waals surface area contributed by atoms with Crippen LogP contribution < -0.4 is 14.8 Å². The summed E-state index contributed by atoms with van der Waals surface area (Å²) in [7, 11) is 3.31. The molecular weight excluding hydrogens is 258 g/mol. The Balaban J connectivity index is 2.70. The van der Waals surface area contributed by atoms with Crippen LogP contribution in [0.25, 0.3) is 0 Å². The van der Waals surface area contributed by atoms with E-state index in [1.54, 1.807) is 28.1 Å². The van der Waals surface area contributed by atoms with E-state index in [9.17, 15) is 5.11 Å². The molecule has 1 aromatic carbocycles. The first-order valence-electron chi connectivity index (χ1n) is 6.68. The molecule has 0 aromatic heterocycles. The summed E-state index contributed by atoms with van der Waals surface area (Å²) < 4.78 is 15.9. The topological polar surface area (TPSA) is 60.0 Å². The first kappa shape index (κ1) is 16.8. The molecule has 0 aliphatic carbocycles. The average molecular weight is 283 g/mol. The Hall–Kier alpha value is -1.30. The van der Waals surface area contributed by atoms with E-state index in [-0.39, 0.29) is 6.61 Å². The zero-order valence-electron chi connectivity index (χ0n) is 12.7. The highest BCUT2D eigenvalue weighted by molar-refractivity contribution is 5.40. The minimum Gasteiger partial charge on any atom is -0.497 e. The highest BCUT2D eigenvalue weighted by Gasteiger charge is 2.15. The molecule has 1 aromatic rings. The fourth-order valence-corrected chi connectivity index (χ4v) is 1.61. The van der Waals surface area contributed by atoms with Gasteiger partial charge in [-0.2, -0.15) is 0 Å². The minimum atomic E-state index is -0.860. The summed E-state index contributed by atoms with van der Waals surface area (Å²) in [6.07, 6.45) is 0. The van der Waals surface area contributed by atoms with Crippen molar-refractivity contribution in [2.45, 2.75) is 26.0 Å². The Morgan fingerprint density at radius 2 is 2.00 bits per heavy atom. The number of methoxy groups -OCH3 is 2. The first-order chi connectivity index (χ1) is 9.46. The lowest BCUT2D eigenvalue weighted by Crippen LogP contribution is -2.28. The van der Waals surface area contributed by atoms with Gasteiger partial charge in [0.25, 0.3) is 0 Å². The van der Waals surface area contributed by atoms with Crippen molar-refractivity contribution < 1.29 is 19.3 Å². The number of aliphatic hydroxyl groups is 1. The molecule has 0 heterocycles. The molecule has 0 saturated heterocycles. The summed E-state index contributed by atoms with van der Waals surface area (Å²) in [5.41, 5.74) is 0.130. The normalized spacial score (nSPS) is 11.4. The van der Waals surface area contributed by atoms with E-state index < -0.39 is 5.60 Å². The van der Waals surface area contributed by atoms with Gasteiger partial charge in [0.2, 0.25) is 0 Å². The Bertz CT molecular complexity index is 401. The molecule has 0 amide bonds. The average Bonchev–Trinajstić information content (AvgIpc) is 2.41. The monoisotopic (exact) mass is 283 g/mol. The second kappa shape index (κ2) is 8.09. The number of hydrogen-bond donors (Lipinski definition) is 2. The molecule has 0 radical (unpaired) electrons. The van der Waals surface area contributed by atoms with E-state index in [0.717, 1.165) is 23.6 Å². The summed E-state index contributed by atoms with van der Waals surface area (Å²) in [6, 6.07) is 5.63. The number of rotatable bonds is 9. The second-order valence-electron chi connectivity index (χ2n) is 5.24. The van der Waals surface area contributed by atoms with Crippen molar-refractivity contribution in [1.29, 1.82) is 0 Å². The zero-order chi connectivity index (χ0) is 15.0. The molecule has 0 bridgehead atoms. The van der Waals surface area contributed by atoms with E-state index in [0.29, 0.717) is 13.2 Å². The maximum Gasteiger partial charge on any atom is 0.124 e. The maximum atomic E-state index is 9.73. The molecule has 114 valence electrons. The fraction of sp³-hybridized carbons (Fsp3) is 0.600. The van der Waals surface area contributed by atoms with E-state index >= 15 is 0 Å². The van der Waals surface area contributed by atoms with Crippen LogP contribution in [0.4, 0.5) is 0 Å².